The third-order valence-corrected chi connectivity index (χ3v) is 16.0. The van der Waals surface area contributed by atoms with E-state index in [9.17, 15) is 29.4 Å². The fraction of sp³-hybridized carbons (Fsp3) is 0.554. The van der Waals surface area contributed by atoms with Gasteiger partial charge in [0.05, 0.1) is 48.0 Å². The summed E-state index contributed by atoms with van der Waals surface area (Å²) in [6.07, 6.45) is 10.6. The molecule has 3 N–H and O–H groups in total. The van der Waals surface area contributed by atoms with Crippen molar-refractivity contribution >= 4 is 56.3 Å². The molecule has 384 valence electrons. The Morgan fingerprint density at radius 3 is 2.30 bits per heavy atom. The molecule has 1 aromatic heterocycles. The highest BCUT2D eigenvalue weighted by Crippen LogP contribution is 2.49. The molecule has 71 heavy (non-hydrogen) atoms. The number of carbonyl (C=O) groups excluding carboxylic acids is 3. The Kier molecular flexibility index (Phi) is 15.5. The number of ether oxygens (including phenoxy) is 5. The lowest BCUT2D eigenvalue weighted by Crippen LogP contribution is -2.62. The molecule has 4 bridgehead atoms. The van der Waals surface area contributed by atoms with Crippen molar-refractivity contribution in [2.24, 2.45) is 29.6 Å². The van der Waals surface area contributed by atoms with Gasteiger partial charge >= 0.3 is 11.8 Å². The number of allylic oxidation sites excluding steroid dienone is 2. The fourth-order valence-corrected chi connectivity index (χ4v) is 11.0. The molecule has 15 heteroatoms. The molecule has 0 unspecified atom stereocenters. The maximum Gasteiger partial charge on any atom is 0.312 e. The molecule has 15 nitrogen and oxygen atoms in total. The number of aliphatic hydroxyl groups is 1. The highest BCUT2D eigenvalue weighted by Gasteiger charge is 2.50. The lowest BCUT2D eigenvalue weighted by molar-refractivity contribution is -0.970. The van der Waals surface area contributed by atoms with Crippen LogP contribution >= 0.6 is 0 Å². The van der Waals surface area contributed by atoms with Crippen LogP contribution in [0.5, 0.6) is 17.2 Å². The van der Waals surface area contributed by atoms with E-state index in [0.29, 0.717) is 17.9 Å². The minimum Gasteiger partial charge on any atom is -0.505 e. The van der Waals surface area contributed by atoms with Gasteiger partial charge in [0.25, 0.3) is 11.7 Å². The third kappa shape index (κ3) is 10.2. The van der Waals surface area contributed by atoms with Crippen LogP contribution in [0.3, 0.4) is 0 Å². The number of aromatic nitrogens is 1. The van der Waals surface area contributed by atoms with Crippen LogP contribution in [-0.4, -0.2) is 100 Å². The number of aromatic hydroxyl groups is 1. The summed E-state index contributed by atoms with van der Waals surface area (Å²) in [6.45, 7) is 25.9. The Labute approximate surface area is 416 Å². The van der Waals surface area contributed by atoms with Crippen LogP contribution in [0.4, 0.5) is 5.69 Å². The van der Waals surface area contributed by atoms with Crippen LogP contribution in [0.1, 0.15) is 118 Å². The molecule has 9 atom stereocenters. The van der Waals surface area contributed by atoms with Crippen molar-refractivity contribution < 1.29 is 57.2 Å². The van der Waals surface area contributed by atoms with E-state index in [1.165, 1.54) is 59.8 Å². The maximum atomic E-state index is 14.9. The summed E-state index contributed by atoms with van der Waals surface area (Å²) in [6, 6.07) is 5.22. The number of Topliss-reactive ketones (excluding diaryl/α,β-unsaturated/α-hetero) is 1. The number of rotatable bonds is 6. The molecule has 4 aromatic rings. The molecule has 3 aliphatic rings. The van der Waals surface area contributed by atoms with E-state index in [0.717, 1.165) is 24.1 Å². The van der Waals surface area contributed by atoms with Gasteiger partial charge in [-0.05, 0) is 96.3 Å². The summed E-state index contributed by atoms with van der Waals surface area (Å²) in [5, 5.41) is 26.4. The number of aliphatic hydroxyl groups excluding tert-OH is 1. The lowest BCUT2D eigenvalue weighted by atomic mass is 9.73. The second-order valence-corrected chi connectivity index (χ2v) is 21.5. The Hall–Kier alpha value is -5.77. The standard InChI is InChI=1S/C56H73N3O12/c1-30-19-18-20-31(2)54(65)58-46-49(63)43-42(45-52(46)70-41-29-38(21-22-39(41)57-45)67-28-26-59(55(9,10)11)24-16-14-15-17-25-59)44-51(36(7)48(43)62)71-56(12,53(44)64)68-27-23-40(66-13)35(6)50(69-37(8)60)34(5)32(3)33(4)47(30)61/h18-23,27,29-30,32-35,40,47,50,61H,14-17,24-26,28H2,1-13H3,(H-,57,58,62,63,64,65)/p+1/b19-18+,27-23+,31-20-/t30-,32+,33-,34+,35+,40-,47-,50-,56-/m0/s1. The van der Waals surface area contributed by atoms with E-state index in [2.05, 4.69) is 26.1 Å². The highest BCUT2D eigenvalue weighted by molar-refractivity contribution is 6.26. The number of phenols is 1. The van der Waals surface area contributed by atoms with Gasteiger partial charge in [-0.1, -0.05) is 52.8 Å². The Morgan fingerprint density at radius 1 is 0.958 bits per heavy atom. The predicted octanol–water partition coefficient (Wildman–Crippen LogP) is 9.84. The molecule has 0 saturated carbocycles. The largest absolute Gasteiger partial charge is 0.505 e. The smallest absolute Gasteiger partial charge is 0.312 e. The molecular weight excluding hydrogens is 907 g/mol. The van der Waals surface area contributed by atoms with Crippen LogP contribution < -0.4 is 20.2 Å². The lowest BCUT2D eigenvalue weighted by Gasteiger charge is -2.48. The Bertz CT molecular complexity index is 2850. The van der Waals surface area contributed by atoms with E-state index < -0.39 is 58.9 Å². The van der Waals surface area contributed by atoms with Gasteiger partial charge < -0.3 is 48.1 Å². The Balaban J connectivity index is 1.38. The molecule has 0 spiro atoms. The van der Waals surface area contributed by atoms with Crippen LogP contribution in [0.25, 0.3) is 33.0 Å². The molecule has 3 aliphatic heterocycles. The normalized spacial score (nSPS) is 29.5. The van der Waals surface area contributed by atoms with Crippen molar-refractivity contribution in [2.45, 2.75) is 138 Å². The van der Waals surface area contributed by atoms with Crippen LogP contribution in [0.2, 0.25) is 0 Å². The third-order valence-electron chi connectivity index (χ3n) is 16.0. The molecule has 1 saturated heterocycles. The average Bonchev–Trinajstić information content (AvgIpc) is 3.43. The maximum absolute atomic E-state index is 14.9. The first-order valence-corrected chi connectivity index (χ1v) is 25.2. The number of nitrogens with zero attached hydrogens (tertiary/aromatic N) is 2. The number of fused-ring (bicyclic) bond motifs is 2. The van der Waals surface area contributed by atoms with Crippen LogP contribution in [-0.2, 0) is 23.8 Å². The molecule has 1 fully saturated rings. The number of benzene rings is 3. The van der Waals surface area contributed by atoms with Gasteiger partial charge in [0.2, 0.25) is 0 Å². The summed E-state index contributed by atoms with van der Waals surface area (Å²) in [5.41, 5.74) is -0.142. The zero-order chi connectivity index (χ0) is 51.9. The summed E-state index contributed by atoms with van der Waals surface area (Å²) in [7, 11) is 1.51. The van der Waals surface area contributed by atoms with Gasteiger partial charge in [-0.15, -0.1) is 0 Å². The molecule has 0 radical (unpaired) electrons. The molecular formula is C56H74N3O12+. The first-order chi connectivity index (χ1) is 33.4. The van der Waals surface area contributed by atoms with Crippen molar-refractivity contribution in [1.29, 1.82) is 0 Å². The van der Waals surface area contributed by atoms with Gasteiger partial charge in [-0.3, -0.25) is 19.2 Å². The van der Waals surface area contributed by atoms with Gasteiger partial charge in [0, 0.05) is 55.4 Å². The van der Waals surface area contributed by atoms with Gasteiger partial charge in [0.15, 0.2) is 22.3 Å². The summed E-state index contributed by atoms with van der Waals surface area (Å²) >= 11 is 0. The summed E-state index contributed by atoms with van der Waals surface area (Å²) in [5.74, 6) is -5.37. The van der Waals surface area contributed by atoms with E-state index in [1.54, 1.807) is 49.4 Å². The number of likely N-dealkylation sites (tertiary alicyclic amines) is 1. The number of amides is 1. The van der Waals surface area contributed by atoms with Crippen molar-refractivity contribution in [3.63, 3.8) is 0 Å². The quantitative estimate of drug-likeness (QED) is 0.0544. The fourth-order valence-electron chi connectivity index (χ4n) is 11.0. The second kappa shape index (κ2) is 20.8. The second-order valence-electron chi connectivity index (χ2n) is 21.5. The van der Waals surface area contributed by atoms with Gasteiger partial charge in [-0.2, -0.15) is 0 Å². The molecule has 3 aromatic carbocycles. The first-order valence-electron chi connectivity index (χ1n) is 25.2. The molecule has 0 aliphatic carbocycles. The van der Waals surface area contributed by atoms with E-state index in [1.807, 2.05) is 34.6 Å². The van der Waals surface area contributed by atoms with E-state index in [4.69, 9.17) is 33.1 Å². The van der Waals surface area contributed by atoms with Crippen LogP contribution in [0, 0.1) is 36.5 Å². The van der Waals surface area contributed by atoms with Gasteiger partial charge in [-0.25, -0.2) is 4.98 Å². The zero-order valence-corrected chi connectivity index (χ0v) is 43.8. The van der Waals surface area contributed by atoms with Crippen molar-refractivity contribution in [1.82, 2.24) is 4.98 Å². The zero-order valence-electron chi connectivity index (χ0n) is 43.8. The number of esters is 1. The SMILES string of the molecule is CO[C@H]1/C=C/O[C@@]2(C)Oc3c(C)c(=O)c4c(O)c(c5oc6cc(OCC[N+]7(C(C)(C)C)CCCCCC7)ccc6nc5c4c3C2=O)NC(=O)/C(C)=C\C=C\[C@H](C)[C@H](O)[C@@H](C)[C@@H](C)[C@@H](C)[C@H](OC(C)=O)[C@@H]1C. The first kappa shape index (κ1) is 53.0. The number of nitrogens with one attached hydrogen (secondary N) is 1. The number of carbonyl (C=O) groups is 3. The summed E-state index contributed by atoms with van der Waals surface area (Å²) in [4.78, 5) is 61.1. The van der Waals surface area contributed by atoms with Crippen molar-refractivity contribution in [2.75, 3.05) is 38.7 Å². The van der Waals surface area contributed by atoms with E-state index in [-0.39, 0.29) is 84.8 Å². The van der Waals surface area contributed by atoms with Crippen molar-refractivity contribution in [3.8, 4) is 17.2 Å². The average molecular weight is 981 g/mol. The topological polar surface area (TPSA) is 193 Å². The number of hydrogen-bond acceptors (Lipinski definition) is 13. The highest BCUT2D eigenvalue weighted by atomic mass is 16.7. The number of ketones is 1. The number of anilines is 1. The molecule has 4 heterocycles. The predicted molar refractivity (Wildman–Crippen MR) is 274 cm³/mol. The molecule has 7 rings (SSSR count). The monoisotopic (exact) mass is 981 g/mol. The summed E-state index contributed by atoms with van der Waals surface area (Å²) < 4.78 is 38.3. The number of hydrogen-bond donors (Lipinski definition) is 3. The molecule has 1 amide bonds. The number of quaternary nitrogens is 1. The number of phenolic OH excluding ortho intramolecular Hbond substituents is 1. The van der Waals surface area contributed by atoms with Crippen LogP contribution in [0.15, 0.2) is 63.6 Å². The number of methoxy groups -OCH3 is 1. The van der Waals surface area contributed by atoms with Gasteiger partial charge in [0.1, 0.15) is 47.5 Å². The minimum atomic E-state index is -2.01. The minimum absolute atomic E-state index is 0.0122. The van der Waals surface area contributed by atoms with E-state index >= 15 is 0 Å². The Morgan fingerprint density at radius 2 is 1.65 bits per heavy atom. The van der Waals surface area contributed by atoms with Crippen molar-refractivity contribution in [3.05, 3.63) is 75.7 Å².